The minimum absolute atomic E-state index is 0.000818. The minimum atomic E-state index is -0.678. The number of hydrogen-bond donors (Lipinski definition) is 2. The van der Waals surface area contributed by atoms with E-state index in [-0.39, 0.29) is 11.7 Å². The van der Waals surface area contributed by atoms with Gasteiger partial charge in [-0.05, 0) is 44.7 Å². The van der Waals surface area contributed by atoms with Gasteiger partial charge in [-0.3, -0.25) is 4.79 Å². The van der Waals surface area contributed by atoms with Crippen molar-refractivity contribution >= 4 is 11.6 Å². The first-order valence-electron chi connectivity index (χ1n) is 9.37. The van der Waals surface area contributed by atoms with Crippen molar-refractivity contribution in [3.63, 3.8) is 0 Å². The molecule has 28 heavy (non-hydrogen) atoms. The molecule has 1 aromatic carbocycles. The number of aromatic nitrogens is 2. The summed E-state index contributed by atoms with van der Waals surface area (Å²) in [6, 6.07) is 7.68. The normalized spacial score (nSPS) is 12.4. The standard InChI is InChI=1S/C22H27N3O3/c1-13-8-6-7-9-16(13)19(26)11-10-17-18(22(28)24(4)5)12-25-15(3)14(2)23-21(25)20(17)27/h6-9,12,19,26-27H,10-11H2,1-5H3/t19-/m0/s1. The second-order valence-electron chi connectivity index (χ2n) is 7.46. The first-order valence-corrected chi connectivity index (χ1v) is 9.37. The molecule has 6 nitrogen and oxygen atoms in total. The van der Waals surface area contributed by atoms with Crippen LogP contribution in [-0.4, -0.2) is 44.5 Å². The highest BCUT2D eigenvalue weighted by molar-refractivity contribution is 5.96. The van der Waals surface area contributed by atoms with Crippen LogP contribution in [0.15, 0.2) is 30.5 Å². The van der Waals surface area contributed by atoms with Gasteiger partial charge in [0.2, 0.25) is 0 Å². The Morgan fingerprint density at radius 3 is 2.54 bits per heavy atom. The number of imidazole rings is 1. The van der Waals surface area contributed by atoms with Crippen molar-refractivity contribution in [2.75, 3.05) is 14.1 Å². The molecule has 3 aromatic rings. The van der Waals surface area contributed by atoms with E-state index < -0.39 is 6.10 Å². The largest absolute Gasteiger partial charge is 0.504 e. The number of carbonyl (C=O) groups is 1. The molecular weight excluding hydrogens is 354 g/mol. The number of pyridine rings is 1. The van der Waals surface area contributed by atoms with Crippen LogP contribution in [0.3, 0.4) is 0 Å². The van der Waals surface area contributed by atoms with Gasteiger partial charge in [-0.15, -0.1) is 0 Å². The number of aromatic hydroxyl groups is 1. The molecule has 0 saturated carbocycles. The number of rotatable bonds is 5. The lowest BCUT2D eigenvalue weighted by atomic mass is 9.95. The Kier molecular flexibility index (Phi) is 5.42. The fourth-order valence-corrected chi connectivity index (χ4v) is 3.50. The van der Waals surface area contributed by atoms with Crippen LogP contribution < -0.4 is 0 Å². The van der Waals surface area contributed by atoms with Crippen molar-refractivity contribution in [2.45, 2.75) is 39.7 Å². The van der Waals surface area contributed by atoms with E-state index in [2.05, 4.69) is 4.98 Å². The lowest BCUT2D eigenvalue weighted by Gasteiger charge is -2.18. The average molecular weight is 381 g/mol. The zero-order chi connectivity index (χ0) is 20.6. The Morgan fingerprint density at radius 2 is 1.89 bits per heavy atom. The van der Waals surface area contributed by atoms with E-state index in [9.17, 15) is 15.0 Å². The average Bonchev–Trinajstić information content (AvgIpc) is 2.95. The molecule has 148 valence electrons. The molecule has 2 heterocycles. The first kappa shape index (κ1) is 19.9. The van der Waals surface area contributed by atoms with E-state index in [0.717, 1.165) is 22.5 Å². The van der Waals surface area contributed by atoms with Crippen molar-refractivity contribution in [3.8, 4) is 5.75 Å². The summed E-state index contributed by atoms with van der Waals surface area (Å²) in [4.78, 5) is 18.7. The Morgan fingerprint density at radius 1 is 1.21 bits per heavy atom. The monoisotopic (exact) mass is 381 g/mol. The molecule has 0 spiro atoms. The SMILES string of the molecule is Cc1ccccc1[C@@H](O)CCc1c(C(=O)N(C)C)cn2c(C)c(C)nc2c1O. The summed E-state index contributed by atoms with van der Waals surface area (Å²) >= 11 is 0. The molecule has 0 unspecified atom stereocenters. The van der Waals surface area contributed by atoms with E-state index in [0.29, 0.717) is 29.6 Å². The van der Waals surface area contributed by atoms with Crippen LogP contribution in [0.2, 0.25) is 0 Å². The highest BCUT2D eigenvalue weighted by Gasteiger charge is 2.23. The van der Waals surface area contributed by atoms with Crippen molar-refractivity contribution in [2.24, 2.45) is 0 Å². The second-order valence-corrected chi connectivity index (χ2v) is 7.46. The van der Waals surface area contributed by atoms with Crippen molar-refractivity contribution < 1.29 is 15.0 Å². The highest BCUT2D eigenvalue weighted by Crippen LogP contribution is 2.32. The third-order valence-electron chi connectivity index (χ3n) is 5.32. The third-order valence-corrected chi connectivity index (χ3v) is 5.32. The van der Waals surface area contributed by atoms with Gasteiger partial charge in [0.05, 0.1) is 17.4 Å². The van der Waals surface area contributed by atoms with Gasteiger partial charge in [-0.25, -0.2) is 4.98 Å². The van der Waals surface area contributed by atoms with Crippen molar-refractivity contribution in [3.05, 3.63) is 64.1 Å². The maximum atomic E-state index is 12.8. The molecule has 0 saturated heterocycles. The number of hydrogen-bond acceptors (Lipinski definition) is 4. The zero-order valence-corrected chi connectivity index (χ0v) is 17.0. The molecule has 0 radical (unpaired) electrons. The Labute approximate surface area is 165 Å². The molecule has 3 rings (SSSR count). The van der Waals surface area contributed by atoms with Gasteiger partial charge in [0.25, 0.3) is 5.91 Å². The highest BCUT2D eigenvalue weighted by atomic mass is 16.3. The van der Waals surface area contributed by atoms with Crippen LogP contribution in [0, 0.1) is 20.8 Å². The predicted molar refractivity (Wildman–Crippen MR) is 109 cm³/mol. The number of carbonyl (C=O) groups excluding carboxylic acids is 1. The molecule has 0 aliphatic carbocycles. The van der Waals surface area contributed by atoms with Crippen molar-refractivity contribution in [1.82, 2.24) is 14.3 Å². The number of nitrogens with zero attached hydrogens (tertiary/aromatic N) is 3. The maximum Gasteiger partial charge on any atom is 0.255 e. The minimum Gasteiger partial charge on any atom is -0.504 e. The molecule has 2 aromatic heterocycles. The number of aliphatic hydroxyl groups excluding tert-OH is 1. The summed E-state index contributed by atoms with van der Waals surface area (Å²) < 4.78 is 1.75. The number of aliphatic hydroxyl groups is 1. The number of fused-ring (bicyclic) bond motifs is 1. The van der Waals surface area contributed by atoms with Crippen LogP contribution in [0.1, 0.15) is 51.0 Å². The molecule has 0 fully saturated rings. The van der Waals surface area contributed by atoms with Crippen LogP contribution >= 0.6 is 0 Å². The van der Waals surface area contributed by atoms with Crippen molar-refractivity contribution in [1.29, 1.82) is 0 Å². The third kappa shape index (κ3) is 3.47. The summed E-state index contributed by atoms with van der Waals surface area (Å²) in [6.07, 6.45) is 1.81. The topological polar surface area (TPSA) is 78.1 Å². The molecule has 1 atom stereocenters. The van der Waals surface area contributed by atoms with E-state index >= 15 is 0 Å². The number of aryl methyl sites for hydroxylation is 3. The molecule has 1 amide bonds. The summed E-state index contributed by atoms with van der Waals surface area (Å²) in [6.45, 7) is 5.73. The predicted octanol–water partition coefficient (Wildman–Crippen LogP) is 3.33. The smallest absolute Gasteiger partial charge is 0.255 e. The Bertz CT molecular complexity index is 1040. The molecule has 0 aliphatic heterocycles. The Balaban J connectivity index is 2.03. The molecule has 0 bridgehead atoms. The number of benzene rings is 1. The summed E-state index contributed by atoms with van der Waals surface area (Å²) in [5.74, 6) is -0.191. The fraction of sp³-hybridized carbons (Fsp3) is 0.364. The summed E-state index contributed by atoms with van der Waals surface area (Å²) in [5, 5.41) is 21.6. The second kappa shape index (κ2) is 7.64. The molecule has 6 heteroatoms. The van der Waals surface area contributed by atoms with Gasteiger partial charge in [0.1, 0.15) is 0 Å². The quantitative estimate of drug-likeness (QED) is 0.711. The molecule has 2 N–H and O–H groups in total. The van der Waals surface area contributed by atoms with E-state index in [1.54, 1.807) is 24.7 Å². The van der Waals surface area contributed by atoms with Gasteiger partial charge >= 0.3 is 0 Å². The molecular formula is C22H27N3O3. The summed E-state index contributed by atoms with van der Waals surface area (Å²) in [7, 11) is 3.36. The van der Waals surface area contributed by atoms with E-state index in [1.807, 2.05) is 45.0 Å². The van der Waals surface area contributed by atoms with Gasteiger partial charge in [0.15, 0.2) is 11.4 Å². The van der Waals surface area contributed by atoms with Gasteiger partial charge in [-0.1, -0.05) is 24.3 Å². The first-order chi connectivity index (χ1) is 13.2. The van der Waals surface area contributed by atoms with Crippen LogP contribution in [-0.2, 0) is 6.42 Å². The van der Waals surface area contributed by atoms with E-state index in [1.165, 1.54) is 4.90 Å². The number of amides is 1. The van der Waals surface area contributed by atoms with Gasteiger partial charge < -0.3 is 19.5 Å². The van der Waals surface area contributed by atoms with Gasteiger partial charge in [-0.2, -0.15) is 0 Å². The fourth-order valence-electron chi connectivity index (χ4n) is 3.50. The van der Waals surface area contributed by atoms with Crippen LogP contribution in [0.5, 0.6) is 5.75 Å². The summed E-state index contributed by atoms with van der Waals surface area (Å²) in [5.41, 5.74) is 4.93. The van der Waals surface area contributed by atoms with E-state index in [4.69, 9.17) is 0 Å². The molecule has 0 aliphatic rings. The maximum absolute atomic E-state index is 12.8. The van der Waals surface area contributed by atoms with Crippen LogP contribution in [0.4, 0.5) is 0 Å². The lowest BCUT2D eigenvalue weighted by molar-refractivity contribution is 0.0824. The zero-order valence-electron chi connectivity index (χ0n) is 17.0. The Hall–Kier alpha value is -2.86. The lowest BCUT2D eigenvalue weighted by Crippen LogP contribution is -2.24. The van der Waals surface area contributed by atoms with Gasteiger partial charge in [0, 0.05) is 31.5 Å². The van der Waals surface area contributed by atoms with Crippen LogP contribution in [0.25, 0.3) is 5.65 Å².